The minimum atomic E-state index is -0.173. The SMILES string of the molecule is CNCc1c[c]ccc1F. The second kappa shape index (κ2) is 3.32. The Bertz CT molecular complexity index is 210. The van der Waals surface area contributed by atoms with Crippen molar-refractivity contribution in [2.75, 3.05) is 7.05 Å². The summed E-state index contributed by atoms with van der Waals surface area (Å²) in [5.41, 5.74) is 0.657. The fourth-order valence-corrected chi connectivity index (χ4v) is 0.772. The average molecular weight is 138 g/mol. The number of rotatable bonds is 2. The highest BCUT2D eigenvalue weighted by Crippen LogP contribution is 2.03. The largest absolute Gasteiger partial charge is 0.316 e. The van der Waals surface area contributed by atoms with Crippen molar-refractivity contribution in [2.45, 2.75) is 6.54 Å². The smallest absolute Gasteiger partial charge is 0.127 e. The van der Waals surface area contributed by atoms with E-state index in [0.717, 1.165) is 0 Å². The quantitative estimate of drug-likeness (QED) is 0.650. The molecule has 0 heterocycles. The molecular formula is C8H9FN. The first-order valence-corrected chi connectivity index (χ1v) is 3.13. The van der Waals surface area contributed by atoms with Crippen LogP contribution in [0.15, 0.2) is 18.2 Å². The summed E-state index contributed by atoms with van der Waals surface area (Å²) in [5, 5.41) is 2.86. The molecule has 0 aliphatic carbocycles. The Morgan fingerprint density at radius 2 is 2.50 bits per heavy atom. The summed E-state index contributed by atoms with van der Waals surface area (Å²) in [6.45, 7) is 0.559. The molecule has 0 saturated heterocycles. The Hall–Kier alpha value is -0.890. The van der Waals surface area contributed by atoms with E-state index in [-0.39, 0.29) is 5.82 Å². The van der Waals surface area contributed by atoms with Gasteiger partial charge in [-0.15, -0.1) is 0 Å². The Morgan fingerprint density at radius 3 is 3.10 bits per heavy atom. The molecule has 0 spiro atoms. The van der Waals surface area contributed by atoms with Crippen molar-refractivity contribution >= 4 is 0 Å². The molecule has 1 radical (unpaired) electrons. The minimum Gasteiger partial charge on any atom is -0.316 e. The summed E-state index contributed by atoms with van der Waals surface area (Å²) in [5.74, 6) is -0.173. The van der Waals surface area contributed by atoms with Gasteiger partial charge in [0.15, 0.2) is 0 Å². The fourth-order valence-electron chi connectivity index (χ4n) is 0.772. The lowest BCUT2D eigenvalue weighted by Crippen LogP contribution is -2.06. The molecule has 10 heavy (non-hydrogen) atoms. The van der Waals surface area contributed by atoms with E-state index in [1.807, 2.05) is 0 Å². The van der Waals surface area contributed by atoms with Crippen molar-refractivity contribution in [2.24, 2.45) is 0 Å². The van der Waals surface area contributed by atoms with Gasteiger partial charge >= 0.3 is 0 Å². The highest BCUT2D eigenvalue weighted by molar-refractivity contribution is 5.15. The summed E-state index contributed by atoms with van der Waals surface area (Å²) in [6, 6.07) is 7.42. The van der Waals surface area contributed by atoms with Gasteiger partial charge in [-0.3, -0.25) is 0 Å². The van der Waals surface area contributed by atoms with Gasteiger partial charge in [0.05, 0.1) is 0 Å². The van der Waals surface area contributed by atoms with Crippen molar-refractivity contribution in [3.05, 3.63) is 35.6 Å². The maximum Gasteiger partial charge on any atom is 0.127 e. The number of benzene rings is 1. The molecule has 1 N–H and O–H groups in total. The maximum absolute atomic E-state index is 12.7. The summed E-state index contributed by atoms with van der Waals surface area (Å²) < 4.78 is 12.7. The molecule has 1 aromatic carbocycles. The summed E-state index contributed by atoms with van der Waals surface area (Å²) in [6.07, 6.45) is 0. The van der Waals surface area contributed by atoms with Crippen molar-refractivity contribution in [3.8, 4) is 0 Å². The predicted octanol–water partition coefficient (Wildman–Crippen LogP) is 1.35. The molecule has 53 valence electrons. The van der Waals surface area contributed by atoms with Crippen molar-refractivity contribution in [1.29, 1.82) is 0 Å². The monoisotopic (exact) mass is 138 g/mol. The molecule has 1 nitrogen and oxygen atoms in total. The Labute approximate surface area is 59.9 Å². The predicted molar refractivity (Wildman–Crippen MR) is 38.0 cm³/mol. The van der Waals surface area contributed by atoms with Gasteiger partial charge in [0.2, 0.25) is 0 Å². The van der Waals surface area contributed by atoms with Crippen molar-refractivity contribution in [3.63, 3.8) is 0 Å². The third-order valence-corrected chi connectivity index (χ3v) is 1.26. The highest BCUT2D eigenvalue weighted by atomic mass is 19.1. The van der Waals surface area contributed by atoms with Crippen LogP contribution in [0.4, 0.5) is 4.39 Å². The van der Waals surface area contributed by atoms with Crippen LogP contribution in [0.5, 0.6) is 0 Å². The van der Waals surface area contributed by atoms with E-state index >= 15 is 0 Å². The van der Waals surface area contributed by atoms with Crippen LogP contribution >= 0.6 is 0 Å². The molecule has 0 atom stereocenters. The van der Waals surface area contributed by atoms with Crippen LogP contribution in [0.1, 0.15) is 5.56 Å². The second-order valence-corrected chi connectivity index (χ2v) is 2.05. The van der Waals surface area contributed by atoms with Gasteiger partial charge < -0.3 is 5.32 Å². The normalized spacial score (nSPS) is 9.80. The molecule has 0 saturated carbocycles. The van der Waals surface area contributed by atoms with Gasteiger partial charge in [0.1, 0.15) is 5.82 Å². The molecule has 0 fully saturated rings. The van der Waals surface area contributed by atoms with E-state index in [4.69, 9.17) is 0 Å². The first-order valence-electron chi connectivity index (χ1n) is 3.13. The zero-order valence-corrected chi connectivity index (χ0v) is 5.82. The van der Waals surface area contributed by atoms with E-state index in [9.17, 15) is 4.39 Å². The number of hydrogen-bond acceptors (Lipinski definition) is 1. The standard InChI is InChI=1S/C8H9FN/c1-10-6-7-4-2-3-5-8(7)9/h3-5,10H,6H2,1H3. The van der Waals surface area contributed by atoms with Crippen LogP contribution in [0.25, 0.3) is 0 Å². The van der Waals surface area contributed by atoms with Gasteiger partial charge in [0, 0.05) is 12.1 Å². The molecular weight excluding hydrogens is 129 g/mol. The molecule has 0 aliphatic rings. The van der Waals surface area contributed by atoms with Crippen LogP contribution in [0.2, 0.25) is 0 Å². The lowest BCUT2D eigenvalue weighted by Gasteiger charge is -1.98. The average Bonchev–Trinajstić information content (AvgIpc) is 1.94. The first-order chi connectivity index (χ1) is 4.84. The lowest BCUT2D eigenvalue weighted by molar-refractivity contribution is 0.601. The zero-order valence-electron chi connectivity index (χ0n) is 5.82. The van der Waals surface area contributed by atoms with Crippen LogP contribution in [0.3, 0.4) is 0 Å². The third kappa shape index (κ3) is 1.54. The molecule has 0 amide bonds. The van der Waals surface area contributed by atoms with Crippen LogP contribution < -0.4 is 5.32 Å². The second-order valence-electron chi connectivity index (χ2n) is 2.05. The number of nitrogens with one attached hydrogen (secondary N) is 1. The Morgan fingerprint density at radius 1 is 1.70 bits per heavy atom. The van der Waals surface area contributed by atoms with E-state index in [0.29, 0.717) is 12.1 Å². The number of hydrogen-bond donors (Lipinski definition) is 1. The molecule has 2 heteroatoms. The molecule has 0 aromatic heterocycles. The zero-order chi connectivity index (χ0) is 7.40. The summed E-state index contributed by atoms with van der Waals surface area (Å²) in [4.78, 5) is 0. The molecule has 1 rings (SSSR count). The minimum absolute atomic E-state index is 0.173. The van der Waals surface area contributed by atoms with E-state index in [1.54, 1.807) is 19.2 Å². The first kappa shape index (κ1) is 7.22. The molecule has 1 aromatic rings. The Kier molecular flexibility index (Phi) is 2.40. The van der Waals surface area contributed by atoms with E-state index in [2.05, 4.69) is 11.4 Å². The van der Waals surface area contributed by atoms with Gasteiger partial charge in [-0.05, 0) is 25.2 Å². The maximum atomic E-state index is 12.7. The molecule has 0 bridgehead atoms. The third-order valence-electron chi connectivity index (χ3n) is 1.26. The van der Waals surface area contributed by atoms with E-state index < -0.39 is 0 Å². The van der Waals surface area contributed by atoms with Gasteiger partial charge in [-0.25, -0.2) is 4.39 Å². The topological polar surface area (TPSA) is 12.0 Å². The highest BCUT2D eigenvalue weighted by Gasteiger charge is 1.96. The molecule has 0 aliphatic heterocycles. The van der Waals surface area contributed by atoms with Crippen LogP contribution in [0, 0.1) is 11.9 Å². The number of halogens is 1. The lowest BCUT2D eigenvalue weighted by atomic mass is 10.2. The summed E-state index contributed by atoms with van der Waals surface area (Å²) in [7, 11) is 1.78. The fraction of sp³-hybridized carbons (Fsp3) is 0.250. The van der Waals surface area contributed by atoms with Gasteiger partial charge in [0.25, 0.3) is 0 Å². The van der Waals surface area contributed by atoms with Crippen LogP contribution in [-0.4, -0.2) is 7.05 Å². The van der Waals surface area contributed by atoms with E-state index in [1.165, 1.54) is 6.07 Å². The van der Waals surface area contributed by atoms with Crippen LogP contribution in [-0.2, 0) is 6.54 Å². The molecule has 0 unspecified atom stereocenters. The summed E-state index contributed by atoms with van der Waals surface area (Å²) >= 11 is 0. The Balaban J connectivity index is 2.81. The van der Waals surface area contributed by atoms with Gasteiger partial charge in [-0.1, -0.05) is 6.07 Å². The van der Waals surface area contributed by atoms with Gasteiger partial charge in [-0.2, -0.15) is 0 Å². The van der Waals surface area contributed by atoms with Crippen molar-refractivity contribution < 1.29 is 4.39 Å². The van der Waals surface area contributed by atoms with Crippen molar-refractivity contribution in [1.82, 2.24) is 5.32 Å².